The van der Waals surface area contributed by atoms with Gasteiger partial charge in [0, 0.05) is 18.8 Å². The van der Waals surface area contributed by atoms with Crippen LogP contribution in [0, 0.1) is 21.4 Å². The lowest BCUT2D eigenvalue weighted by atomic mass is 10.0. The van der Waals surface area contributed by atoms with E-state index in [1.807, 2.05) is 0 Å². The minimum atomic E-state index is -1.09. The summed E-state index contributed by atoms with van der Waals surface area (Å²) in [7, 11) is 0. The second kappa shape index (κ2) is 2.44. The molecule has 0 radical (unpaired) electrons. The van der Waals surface area contributed by atoms with Crippen LogP contribution in [0.1, 0.15) is 20.3 Å². The van der Waals surface area contributed by atoms with Gasteiger partial charge < -0.3 is 0 Å². The van der Waals surface area contributed by atoms with E-state index in [-0.39, 0.29) is 6.42 Å². The Morgan fingerprint density at radius 1 is 1.78 bits per heavy atom. The number of nitriles is 1. The van der Waals surface area contributed by atoms with Gasteiger partial charge in [-0.3, -0.25) is 10.1 Å². The summed E-state index contributed by atoms with van der Waals surface area (Å²) >= 11 is 0. The fraction of sp³-hybridized carbons (Fsp3) is 0.800. The minimum Gasteiger partial charge on any atom is -0.264 e. The van der Waals surface area contributed by atoms with Crippen LogP contribution >= 0.6 is 0 Å². The van der Waals surface area contributed by atoms with E-state index in [2.05, 4.69) is 0 Å². The molecule has 4 heteroatoms. The molecule has 0 spiro atoms. The Morgan fingerprint density at radius 3 is 2.33 bits per heavy atom. The van der Waals surface area contributed by atoms with E-state index < -0.39 is 10.5 Å². The van der Waals surface area contributed by atoms with E-state index in [4.69, 9.17) is 5.26 Å². The van der Waals surface area contributed by atoms with Gasteiger partial charge in [-0.1, -0.05) is 0 Å². The molecule has 0 atom stereocenters. The molecule has 0 aliphatic heterocycles. The van der Waals surface area contributed by atoms with Crippen molar-refractivity contribution in [2.24, 2.45) is 0 Å². The van der Waals surface area contributed by atoms with E-state index in [9.17, 15) is 10.1 Å². The Balaban J connectivity index is 4.06. The van der Waals surface area contributed by atoms with Gasteiger partial charge in [-0.05, 0) is 0 Å². The molecule has 0 saturated carbocycles. The molecule has 50 valence electrons. The van der Waals surface area contributed by atoms with Crippen LogP contribution < -0.4 is 0 Å². The zero-order valence-electron chi connectivity index (χ0n) is 5.42. The fourth-order valence-electron chi connectivity index (χ4n) is 0.258. The van der Waals surface area contributed by atoms with Crippen molar-refractivity contribution in [2.75, 3.05) is 0 Å². The van der Waals surface area contributed by atoms with Crippen molar-refractivity contribution in [3.05, 3.63) is 10.1 Å². The minimum absolute atomic E-state index is 0.0417. The average Bonchev–Trinajstić information content (AvgIpc) is 1.65. The zero-order chi connectivity index (χ0) is 7.49. The SMILES string of the molecule is CC(C)(CC#N)[N+](=O)[O-]. The predicted octanol–water partition coefficient (Wildman–Crippen LogP) is 0.955. The van der Waals surface area contributed by atoms with Gasteiger partial charge in [0.15, 0.2) is 0 Å². The Labute approximate surface area is 53.2 Å². The molecule has 0 aromatic carbocycles. The highest BCUT2D eigenvalue weighted by Gasteiger charge is 2.29. The van der Waals surface area contributed by atoms with Crippen LogP contribution in [0.4, 0.5) is 0 Å². The first kappa shape index (κ1) is 7.89. The molecule has 0 heterocycles. The Morgan fingerprint density at radius 2 is 2.22 bits per heavy atom. The number of rotatable bonds is 2. The van der Waals surface area contributed by atoms with Crippen molar-refractivity contribution >= 4 is 0 Å². The largest absolute Gasteiger partial charge is 0.264 e. The van der Waals surface area contributed by atoms with Crippen LogP contribution in [-0.2, 0) is 0 Å². The number of nitrogens with zero attached hydrogens (tertiary/aromatic N) is 2. The third kappa shape index (κ3) is 2.08. The molecule has 0 aromatic heterocycles. The summed E-state index contributed by atoms with van der Waals surface area (Å²) in [6, 6.07) is 1.75. The third-order valence-electron chi connectivity index (χ3n) is 1.01. The normalized spacial score (nSPS) is 10.3. The van der Waals surface area contributed by atoms with Crippen molar-refractivity contribution in [1.29, 1.82) is 5.26 Å². The summed E-state index contributed by atoms with van der Waals surface area (Å²) in [5.74, 6) is 0. The van der Waals surface area contributed by atoms with Crippen molar-refractivity contribution in [3.8, 4) is 6.07 Å². The molecule has 0 amide bonds. The standard InChI is InChI=1S/C5H8N2O2/c1-5(2,3-4-6)7(8)9/h3H2,1-2H3. The van der Waals surface area contributed by atoms with Gasteiger partial charge in [0.2, 0.25) is 5.54 Å². The second-order valence-corrected chi connectivity index (χ2v) is 2.40. The molecule has 0 bridgehead atoms. The van der Waals surface area contributed by atoms with Gasteiger partial charge >= 0.3 is 0 Å². The monoisotopic (exact) mass is 128 g/mol. The molecular weight excluding hydrogens is 120 g/mol. The van der Waals surface area contributed by atoms with Gasteiger partial charge in [-0.15, -0.1) is 0 Å². The lowest BCUT2D eigenvalue weighted by Crippen LogP contribution is -2.29. The summed E-state index contributed by atoms with van der Waals surface area (Å²) < 4.78 is 0. The van der Waals surface area contributed by atoms with Gasteiger partial charge in [0.25, 0.3) is 0 Å². The lowest BCUT2D eigenvalue weighted by Gasteiger charge is -2.09. The fourth-order valence-corrected chi connectivity index (χ4v) is 0.258. The van der Waals surface area contributed by atoms with Crippen LogP contribution in [0.3, 0.4) is 0 Å². The predicted molar refractivity (Wildman–Crippen MR) is 31.3 cm³/mol. The molecule has 0 aromatic rings. The van der Waals surface area contributed by atoms with E-state index in [0.717, 1.165) is 0 Å². The molecule has 0 N–H and O–H groups in total. The smallest absolute Gasteiger partial charge is 0.229 e. The number of hydrogen-bond donors (Lipinski definition) is 0. The summed E-state index contributed by atoms with van der Waals surface area (Å²) in [6.07, 6.45) is -0.0417. The zero-order valence-corrected chi connectivity index (χ0v) is 5.42. The van der Waals surface area contributed by atoms with Crippen LogP contribution in [0.2, 0.25) is 0 Å². The molecule has 9 heavy (non-hydrogen) atoms. The first-order chi connectivity index (χ1) is 4.00. The van der Waals surface area contributed by atoms with Crippen LogP contribution in [-0.4, -0.2) is 10.5 Å². The number of hydrogen-bond acceptors (Lipinski definition) is 3. The first-order valence-electron chi connectivity index (χ1n) is 2.52. The summed E-state index contributed by atoms with van der Waals surface area (Å²) in [4.78, 5) is 9.62. The van der Waals surface area contributed by atoms with Gasteiger partial charge in [-0.25, -0.2) is 0 Å². The van der Waals surface area contributed by atoms with Crippen molar-refractivity contribution in [3.63, 3.8) is 0 Å². The molecule has 0 saturated heterocycles. The highest BCUT2D eigenvalue weighted by molar-refractivity contribution is 4.81. The Bertz CT molecular complexity index is 157. The highest BCUT2D eigenvalue weighted by Crippen LogP contribution is 2.10. The third-order valence-corrected chi connectivity index (χ3v) is 1.01. The Kier molecular flexibility index (Phi) is 2.14. The maximum Gasteiger partial charge on any atom is 0.229 e. The van der Waals surface area contributed by atoms with Crippen molar-refractivity contribution < 1.29 is 4.92 Å². The maximum absolute atomic E-state index is 10.1. The maximum atomic E-state index is 10.1. The van der Waals surface area contributed by atoms with Gasteiger partial charge in [-0.2, -0.15) is 5.26 Å². The van der Waals surface area contributed by atoms with E-state index in [1.165, 1.54) is 13.8 Å². The summed E-state index contributed by atoms with van der Waals surface area (Å²) in [6.45, 7) is 2.85. The number of nitro groups is 1. The molecule has 0 aliphatic carbocycles. The topological polar surface area (TPSA) is 66.9 Å². The molecule has 4 nitrogen and oxygen atoms in total. The van der Waals surface area contributed by atoms with Crippen molar-refractivity contribution in [2.45, 2.75) is 25.8 Å². The molecule has 0 fully saturated rings. The van der Waals surface area contributed by atoms with E-state index >= 15 is 0 Å². The summed E-state index contributed by atoms with van der Waals surface area (Å²) in [5, 5.41) is 18.2. The van der Waals surface area contributed by atoms with Crippen LogP contribution in [0.5, 0.6) is 0 Å². The summed E-state index contributed by atoms with van der Waals surface area (Å²) in [5.41, 5.74) is -1.09. The lowest BCUT2D eigenvalue weighted by molar-refractivity contribution is -0.559. The second-order valence-electron chi connectivity index (χ2n) is 2.40. The van der Waals surface area contributed by atoms with Gasteiger partial charge in [0.1, 0.15) is 6.42 Å². The molecular formula is C5H8N2O2. The highest BCUT2D eigenvalue weighted by atomic mass is 16.6. The van der Waals surface area contributed by atoms with Gasteiger partial charge in [0.05, 0.1) is 6.07 Å². The van der Waals surface area contributed by atoms with Crippen LogP contribution in [0.25, 0.3) is 0 Å². The quantitative estimate of drug-likeness (QED) is 0.410. The molecule has 0 rings (SSSR count). The van der Waals surface area contributed by atoms with E-state index in [1.54, 1.807) is 6.07 Å². The van der Waals surface area contributed by atoms with Crippen LogP contribution in [0.15, 0.2) is 0 Å². The Hall–Kier alpha value is -1.11. The molecule has 0 unspecified atom stereocenters. The van der Waals surface area contributed by atoms with E-state index in [0.29, 0.717) is 0 Å². The first-order valence-corrected chi connectivity index (χ1v) is 2.52. The molecule has 0 aliphatic rings. The van der Waals surface area contributed by atoms with Crippen molar-refractivity contribution in [1.82, 2.24) is 0 Å². The average molecular weight is 128 g/mol.